The van der Waals surface area contributed by atoms with Gasteiger partial charge in [0, 0.05) is 18.4 Å². The first kappa shape index (κ1) is 12.9. The van der Waals surface area contributed by atoms with Crippen molar-refractivity contribution in [1.29, 1.82) is 0 Å². The predicted molar refractivity (Wildman–Crippen MR) is 72.4 cm³/mol. The van der Waals surface area contributed by atoms with E-state index in [1.807, 2.05) is 18.2 Å². The molecule has 0 unspecified atom stereocenters. The molecule has 0 amide bonds. The van der Waals surface area contributed by atoms with Crippen LogP contribution >= 0.6 is 15.9 Å². The molecule has 1 heterocycles. The Morgan fingerprint density at radius 3 is 2.65 bits per heavy atom. The Morgan fingerprint density at radius 1 is 1.29 bits per heavy atom. The van der Waals surface area contributed by atoms with Gasteiger partial charge in [-0.15, -0.1) is 0 Å². The van der Waals surface area contributed by atoms with Gasteiger partial charge in [0.25, 0.3) is 0 Å². The molecule has 1 N–H and O–H groups in total. The van der Waals surface area contributed by atoms with Crippen molar-refractivity contribution < 1.29 is 8.42 Å². The molecule has 1 aromatic rings. The molecule has 0 spiro atoms. The summed E-state index contributed by atoms with van der Waals surface area (Å²) in [7, 11) is -3.37. The second kappa shape index (κ2) is 5.37. The van der Waals surface area contributed by atoms with E-state index in [1.54, 1.807) is 6.07 Å². The van der Waals surface area contributed by atoms with Crippen molar-refractivity contribution in [1.82, 2.24) is 4.31 Å². The van der Waals surface area contributed by atoms with Crippen LogP contribution in [0.15, 0.2) is 24.3 Å². The van der Waals surface area contributed by atoms with Crippen molar-refractivity contribution in [3.8, 4) is 0 Å². The molecule has 6 heteroatoms. The van der Waals surface area contributed by atoms with Crippen LogP contribution in [0.4, 0.5) is 5.69 Å². The first-order valence-electron chi connectivity index (χ1n) is 5.54. The summed E-state index contributed by atoms with van der Waals surface area (Å²) in [5, 5.41) is 0.715. The molecule has 0 aromatic heterocycles. The van der Waals surface area contributed by atoms with Crippen molar-refractivity contribution >= 4 is 31.8 Å². The van der Waals surface area contributed by atoms with E-state index in [4.69, 9.17) is 0 Å². The molecular weight excluding hydrogens is 304 g/mol. The molecular formula is C11H15BrN2O2S. The molecule has 0 atom stereocenters. The summed E-state index contributed by atoms with van der Waals surface area (Å²) in [6, 6.07) is 7.39. The number of alkyl halides is 1. The second-order valence-electron chi connectivity index (χ2n) is 4.05. The van der Waals surface area contributed by atoms with Crippen LogP contribution in [0.25, 0.3) is 0 Å². The number of hydrogen-bond acceptors (Lipinski definition) is 2. The average Bonchev–Trinajstić information content (AvgIpc) is 2.83. The zero-order valence-corrected chi connectivity index (χ0v) is 11.8. The SMILES string of the molecule is O=S(=O)(Nc1cccc(CBr)c1)N1CCCC1. The lowest BCUT2D eigenvalue weighted by molar-refractivity contribution is 0.482. The van der Waals surface area contributed by atoms with Crippen LogP contribution in [-0.4, -0.2) is 25.8 Å². The van der Waals surface area contributed by atoms with E-state index in [2.05, 4.69) is 20.7 Å². The van der Waals surface area contributed by atoms with E-state index in [0.717, 1.165) is 18.4 Å². The first-order valence-corrected chi connectivity index (χ1v) is 8.11. The summed E-state index contributed by atoms with van der Waals surface area (Å²) < 4.78 is 28.1. The van der Waals surface area contributed by atoms with Crippen LogP contribution in [-0.2, 0) is 15.5 Å². The Balaban J connectivity index is 2.13. The van der Waals surface area contributed by atoms with E-state index in [9.17, 15) is 8.42 Å². The molecule has 0 saturated carbocycles. The maximum atomic E-state index is 12.0. The highest BCUT2D eigenvalue weighted by Crippen LogP contribution is 2.18. The molecule has 0 aliphatic carbocycles. The van der Waals surface area contributed by atoms with Crippen LogP contribution < -0.4 is 4.72 Å². The van der Waals surface area contributed by atoms with E-state index < -0.39 is 10.2 Å². The predicted octanol–water partition coefficient (Wildman–Crippen LogP) is 2.33. The zero-order chi connectivity index (χ0) is 12.3. The highest BCUT2D eigenvalue weighted by Gasteiger charge is 2.24. The molecule has 0 bridgehead atoms. The molecule has 4 nitrogen and oxygen atoms in total. The fourth-order valence-corrected chi connectivity index (χ4v) is 3.50. The van der Waals surface area contributed by atoms with Crippen molar-refractivity contribution in [2.45, 2.75) is 18.2 Å². The Kier molecular flexibility index (Phi) is 4.06. The third kappa shape index (κ3) is 3.20. The van der Waals surface area contributed by atoms with Gasteiger partial charge in [0.2, 0.25) is 0 Å². The number of anilines is 1. The van der Waals surface area contributed by atoms with Crippen LogP contribution in [0.2, 0.25) is 0 Å². The molecule has 1 aliphatic rings. The van der Waals surface area contributed by atoms with Crippen molar-refractivity contribution in [2.75, 3.05) is 17.8 Å². The quantitative estimate of drug-likeness (QED) is 0.866. The number of nitrogens with one attached hydrogen (secondary N) is 1. The maximum Gasteiger partial charge on any atom is 0.301 e. The summed E-state index contributed by atoms with van der Waals surface area (Å²) in [6.07, 6.45) is 1.89. The highest BCUT2D eigenvalue weighted by molar-refractivity contribution is 9.08. The molecule has 1 aliphatic heterocycles. The van der Waals surface area contributed by atoms with Crippen LogP contribution in [0.1, 0.15) is 18.4 Å². The fourth-order valence-electron chi connectivity index (χ4n) is 1.86. The number of halogens is 1. The Hall–Kier alpha value is -0.590. The molecule has 17 heavy (non-hydrogen) atoms. The largest absolute Gasteiger partial charge is 0.301 e. The number of rotatable bonds is 4. The third-order valence-corrected chi connectivity index (χ3v) is 4.92. The van der Waals surface area contributed by atoms with Gasteiger partial charge in [0.1, 0.15) is 0 Å². The van der Waals surface area contributed by atoms with Crippen molar-refractivity contribution in [3.63, 3.8) is 0 Å². The van der Waals surface area contributed by atoms with E-state index in [1.165, 1.54) is 4.31 Å². The lowest BCUT2D eigenvalue weighted by atomic mass is 10.2. The first-order chi connectivity index (χ1) is 8.12. The van der Waals surface area contributed by atoms with Gasteiger partial charge < -0.3 is 0 Å². The molecule has 2 rings (SSSR count). The minimum Gasteiger partial charge on any atom is -0.271 e. The minimum atomic E-state index is -3.37. The van der Waals surface area contributed by atoms with Crippen LogP contribution in [0.5, 0.6) is 0 Å². The highest BCUT2D eigenvalue weighted by atomic mass is 79.9. The summed E-state index contributed by atoms with van der Waals surface area (Å²) in [6.45, 7) is 1.24. The van der Waals surface area contributed by atoms with Gasteiger partial charge in [-0.2, -0.15) is 12.7 Å². The zero-order valence-electron chi connectivity index (χ0n) is 9.39. The van der Waals surface area contributed by atoms with Gasteiger partial charge in [-0.25, -0.2) is 0 Å². The van der Waals surface area contributed by atoms with Gasteiger partial charge in [-0.05, 0) is 30.5 Å². The fraction of sp³-hybridized carbons (Fsp3) is 0.455. The number of hydrogen-bond donors (Lipinski definition) is 1. The summed E-state index contributed by atoms with van der Waals surface area (Å²) in [5.41, 5.74) is 1.67. The average molecular weight is 319 g/mol. The van der Waals surface area contributed by atoms with E-state index in [0.29, 0.717) is 24.1 Å². The lowest BCUT2D eigenvalue weighted by Crippen LogP contribution is -2.33. The molecule has 1 saturated heterocycles. The summed E-state index contributed by atoms with van der Waals surface area (Å²) in [5.74, 6) is 0. The summed E-state index contributed by atoms with van der Waals surface area (Å²) >= 11 is 3.35. The van der Waals surface area contributed by atoms with Gasteiger partial charge in [-0.1, -0.05) is 28.1 Å². The van der Waals surface area contributed by atoms with Gasteiger partial charge in [0.05, 0.1) is 5.69 Å². The number of benzene rings is 1. The smallest absolute Gasteiger partial charge is 0.271 e. The molecule has 1 aromatic carbocycles. The second-order valence-corrected chi connectivity index (χ2v) is 6.28. The Labute approximate surface area is 110 Å². The van der Waals surface area contributed by atoms with Gasteiger partial charge >= 0.3 is 10.2 Å². The minimum absolute atomic E-state index is 0.619. The number of nitrogens with zero attached hydrogens (tertiary/aromatic N) is 1. The molecule has 0 radical (unpaired) electrons. The monoisotopic (exact) mass is 318 g/mol. The van der Waals surface area contributed by atoms with E-state index >= 15 is 0 Å². The normalized spacial score (nSPS) is 17.2. The maximum absolute atomic E-state index is 12.0. The van der Waals surface area contributed by atoms with Crippen molar-refractivity contribution in [2.24, 2.45) is 0 Å². The molecule has 1 fully saturated rings. The summed E-state index contributed by atoms with van der Waals surface area (Å²) in [4.78, 5) is 0. The standard InChI is InChI=1S/C11H15BrN2O2S/c12-9-10-4-3-5-11(8-10)13-17(15,16)14-6-1-2-7-14/h3-5,8,13H,1-2,6-7,9H2. The van der Waals surface area contributed by atoms with Crippen LogP contribution in [0, 0.1) is 0 Å². The van der Waals surface area contributed by atoms with Gasteiger partial charge in [0.15, 0.2) is 0 Å². The lowest BCUT2D eigenvalue weighted by Gasteiger charge is -2.17. The van der Waals surface area contributed by atoms with Gasteiger partial charge in [-0.3, -0.25) is 4.72 Å². The third-order valence-electron chi connectivity index (χ3n) is 2.73. The van der Waals surface area contributed by atoms with Crippen molar-refractivity contribution in [3.05, 3.63) is 29.8 Å². The molecule has 94 valence electrons. The topological polar surface area (TPSA) is 49.4 Å². The Bertz CT molecular complexity index is 484. The van der Waals surface area contributed by atoms with E-state index in [-0.39, 0.29) is 0 Å². The Morgan fingerprint density at radius 2 is 2.00 bits per heavy atom. The van der Waals surface area contributed by atoms with Crippen LogP contribution in [0.3, 0.4) is 0 Å².